The molecule has 0 saturated carbocycles. The first-order valence-corrected chi connectivity index (χ1v) is 10.8. The third-order valence-electron chi connectivity index (χ3n) is 4.71. The van der Waals surface area contributed by atoms with Crippen molar-refractivity contribution < 1.29 is 44.3 Å². The molecule has 1 fully saturated rings. The number of rotatable bonds is 5. The molecule has 180 valence electrons. The zero-order chi connectivity index (χ0) is 24.4. The number of carbonyl (C=O) groups excluding carboxylic acids is 1. The van der Waals surface area contributed by atoms with E-state index in [1.807, 2.05) is 0 Å². The number of aromatic nitrogens is 1. The Morgan fingerprint density at radius 1 is 0.939 bits per heavy atom. The molecule has 14 heteroatoms. The first-order valence-electron chi connectivity index (χ1n) is 9.40. The summed E-state index contributed by atoms with van der Waals surface area (Å²) in [6.07, 6.45) is -8.07. The third-order valence-corrected chi connectivity index (χ3v) is 6.63. The monoisotopic (exact) mass is 497 g/mol. The largest absolute Gasteiger partial charge is 0.468 e. The molecule has 2 aromatic rings. The van der Waals surface area contributed by atoms with Crippen LogP contribution < -0.4 is 4.74 Å². The summed E-state index contributed by atoms with van der Waals surface area (Å²) in [4.78, 5) is 17.3. The van der Waals surface area contributed by atoms with E-state index < -0.39 is 40.5 Å². The number of halogens is 6. The van der Waals surface area contributed by atoms with Crippen molar-refractivity contribution in [1.29, 1.82) is 0 Å². The van der Waals surface area contributed by atoms with Crippen LogP contribution in [0.15, 0.2) is 47.5 Å². The Hall–Kier alpha value is -2.87. The maximum atomic E-state index is 12.7. The van der Waals surface area contributed by atoms with Crippen molar-refractivity contribution >= 4 is 15.9 Å². The quantitative estimate of drug-likeness (QED) is 0.593. The smallest absolute Gasteiger partial charge is 0.422 e. The number of piperazine rings is 1. The Balaban J connectivity index is 1.60. The molecule has 0 unspecified atom stereocenters. The molecule has 0 atom stereocenters. The van der Waals surface area contributed by atoms with Gasteiger partial charge in [-0.25, -0.2) is 13.4 Å². The molecule has 1 amide bonds. The van der Waals surface area contributed by atoms with Crippen molar-refractivity contribution in [3.63, 3.8) is 0 Å². The molecule has 2 heterocycles. The Kier molecular flexibility index (Phi) is 6.88. The van der Waals surface area contributed by atoms with Crippen LogP contribution >= 0.6 is 0 Å². The Bertz CT molecular complexity index is 1080. The molecule has 1 saturated heterocycles. The second-order valence-electron chi connectivity index (χ2n) is 7.01. The van der Waals surface area contributed by atoms with Crippen LogP contribution in [-0.2, 0) is 16.2 Å². The van der Waals surface area contributed by atoms with Gasteiger partial charge in [-0.1, -0.05) is 0 Å². The molecular weight excluding hydrogens is 480 g/mol. The summed E-state index contributed by atoms with van der Waals surface area (Å²) in [5.41, 5.74) is -0.895. The fraction of sp³-hybridized carbons (Fsp3) is 0.368. The number of benzene rings is 1. The van der Waals surface area contributed by atoms with Gasteiger partial charge in [-0.3, -0.25) is 4.79 Å². The third kappa shape index (κ3) is 6.13. The van der Waals surface area contributed by atoms with E-state index in [-0.39, 0.29) is 42.5 Å². The SMILES string of the molecule is O=C(c1ccc(OCC(F)(F)F)nc1)N1CCN(S(=O)(=O)c2ccc(C(F)(F)F)cc2)CC1. The van der Waals surface area contributed by atoms with Crippen molar-refractivity contribution in [1.82, 2.24) is 14.2 Å². The zero-order valence-electron chi connectivity index (χ0n) is 16.7. The predicted molar refractivity (Wildman–Crippen MR) is 102 cm³/mol. The fourth-order valence-electron chi connectivity index (χ4n) is 3.03. The Morgan fingerprint density at radius 3 is 2.03 bits per heavy atom. The molecule has 1 aromatic carbocycles. The number of hydrogen-bond donors (Lipinski definition) is 0. The van der Waals surface area contributed by atoms with E-state index >= 15 is 0 Å². The molecule has 1 aromatic heterocycles. The van der Waals surface area contributed by atoms with E-state index in [1.165, 1.54) is 11.0 Å². The van der Waals surface area contributed by atoms with Crippen LogP contribution in [0.3, 0.4) is 0 Å². The maximum Gasteiger partial charge on any atom is 0.422 e. The van der Waals surface area contributed by atoms with Crippen LogP contribution in [-0.4, -0.2) is 67.5 Å². The molecule has 3 rings (SSSR count). The maximum absolute atomic E-state index is 12.7. The molecule has 1 aliphatic rings. The lowest BCUT2D eigenvalue weighted by molar-refractivity contribution is -0.154. The van der Waals surface area contributed by atoms with E-state index in [1.54, 1.807) is 0 Å². The number of sulfonamides is 1. The number of pyridine rings is 1. The average molecular weight is 497 g/mol. The highest BCUT2D eigenvalue weighted by atomic mass is 32.2. The highest BCUT2D eigenvalue weighted by Gasteiger charge is 2.33. The lowest BCUT2D eigenvalue weighted by Gasteiger charge is -2.34. The lowest BCUT2D eigenvalue weighted by atomic mass is 10.2. The van der Waals surface area contributed by atoms with Gasteiger partial charge in [-0.2, -0.15) is 30.6 Å². The standard InChI is InChI=1S/C19H17F6N3O4S/c20-18(21,22)12-32-16-6-1-13(11-26-16)17(29)27-7-9-28(10-8-27)33(30,31)15-4-2-14(3-5-15)19(23,24)25/h1-6,11H,7-10,12H2. The number of nitrogens with zero attached hydrogens (tertiary/aromatic N) is 3. The van der Waals surface area contributed by atoms with Crippen molar-refractivity contribution in [2.45, 2.75) is 17.2 Å². The molecule has 0 radical (unpaired) electrons. The first-order chi connectivity index (χ1) is 15.3. The van der Waals surface area contributed by atoms with E-state index in [0.29, 0.717) is 12.1 Å². The highest BCUT2D eigenvalue weighted by Crippen LogP contribution is 2.30. The second-order valence-corrected chi connectivity index (χ2v) is 8.95. The molecule has 0 bridgehead atoms. The van der Waals surface area contributed by atoms with Crippen molar-refractivity contribution in [2.24, 2.45) is 0 Å². The van der Waals surface area contributed by atoms with Gasteiger partial charge >= 0.3 is 12.4 Å². The van der Waals surface area contributed by atoms with Crippen molar-refractivity contribution in [2.75, 3.05) is 32.8 Å². The molecule has 0 spiro atoms. The molecule has 1 aliphatic heterocycles. The summed E-state index contributed by atoms with van der Waals surface area (Å²) < 4.78 is 106. The molecule has 0 aliphatic carbocycles. The van der Waals surface area contributed by atoms with E-state index in [9.17, 15) is 39.6 Å². The van der Waals surface area contributed by atoms with Crippen LogP contribution in [0.2, 0.25) is 0 Å². The van der Waals surface area contributed by atoms with Crippen LogP contribution in [0.5, 0.6) is 5.88 Å². The minimum Gasteiger partial charge on any atom is -0.468 e. The summed E-state index contributed by atoms with van der Waals surface area (Å²) >= 11 is 0. The molecule has 0 N–H and O–H groups in total. The summed E-state index contributed by atoms with van der Waals surface area (Å²) in [7, 11) is -4.05. The van der Waals surface area contributed by atoms with Gasteiger partial charge in [0, 0.05) is 38.4 Å². The number of amides is 1. The van der Waals surface area contributed by atoms with Crippen LogP contribution in [0.1, 0.15) is 15.9 Å². The number of ether oxygens (including phenoxy) is 1. The summed E-state index contributed by atoms with van der Waals surface area (Å²) in [5.74, 6) is -0.812. The number of alkyl halides is 6. The first kappa shape index (κ1) is 24.8. The van der Waals surface area contributed by atoms with Gasteiger partial charge in [-0.15, -0.1) is 0 Å². The van der Waals surface area contributed by atoms with Gasteiger partial charge < -0.3 is 9.64 Å². The summed E-state index contributed by atoms with van der Waals surface area (Å²) in [6.45, 7) is -1.69. The van der Waals surface area contributed by atoms with Gasteiger partial charge in [0.2, 0.25) is 15.9 Å². The topological polar surface area (TPSA) is 79.8 Å². The minimum absolute atomic E-state index is 0.00498. The van der Waals surface area contributed by atoms with Crippen LogP contribution in [0, 0.1) is 0 Å². The second kappa shape index (κ2) is 9.17. The Morgan fingerprint density at radius 2 is 1.55 bits per heavy atom. The van der Waals surface area contributed by atoms with Crippen LogP contribution in [0.4, 0.5) is 26.3 Å². The van der Waals surface area contributed by atoms with Gasteiger partial charge in [0.25, 0.3) is 5.91 Å². The summed E-state index contributed by atoms with van der Waals surface area (Å²) in [5, 5.41) is 0. The highest BCUT2D eigenvalue weighted by molar-refractivity contribution is 7.89. The van der Waals surface area contributed by atoms with Crippen molar-refractivity contribution in [3.05, 3.63) is 53.7 Å². The number of carbonyl (C=O) groups is 1. The van der Waals surface area contributed by atoms with E-state index in [4.69, 9.17) is 0 Å². The van der Waals surface area contributed by atoms with Gasteiger partial charge in [0.05, 0.1) is 16.0 Å². The van der Waals surface area contributed by atoms with Gasteiger partial charge in [-0.05, 0) is 30.3 Å². The zero-order valence-corrected chi connectivity index (χ0v) is 17.5. The normalized spacial score (nSPS) is 16.0. The van der Waals surface area contributed by atoms with E-state index in [2.05, 4.69) is 9.72 Å². The Labute approximate surface area is 184 Å². The summed E-state index contributed by atoms with van der Waals surface area (Å²) in [6, 6.07) is 5.48. The van der Waals surface area contributed by atoms with Gasteiger partial charge in [0.15, 0.2) is 6.61 Å². The molecule has 33 heavy (non-hydrogen) atoms. The predicted octanol–water partition coefficient (Wildman–Crippen LogP) is 3.19. The molecule has 7 nitrogen and oxygen atoms in total. The van der Waals surface area contributed by atoms with Gasteiger partial charge in [0.1, 0.15) is 0 Å². The lowest BCUT2D eigenvalue weighted by Crippen LogP contribution is -2.50. The number of hydrogen-bond acceptors (Lipinski definition) is 5. The minimum atomic E-state index is -4.59. The van der Waals surface area contributed by atoms with Crippen molar-refractivity contribution in [3.8, 4) is 5.88 Å². The van der Waals surface area contributed by atoms with E-state index in [0.717, 1.165) is 28.7 Å². The molecular formula is C19H17F6N3O4S. The van der Waals surface area contributed by atoms with Crippen LogP contribution in [0.25, 0.3) is 0 Å². The fourth-order valence-corrected chi connectivity index (χ4v) is 4.45. The average Bonchev–Trinajstić information content (AvgIpc) is 2.76.